The van der Waals surface area contributed by atoms with Crippen molar-refractivity contribution < 1.29 is 4.79 Å². The van der Waals surface area contributed by atoms with Crippen LogP contribution in [0.25, 0.3) is 10.8 Å². The lowest BCUT2D eigenvalue weighted by Crippen LogP contribution is -2.09. The number of carbonyl (C=O) groups is 1. The van der Waals surface area contributed by atoms with Gasteiger partial charge in [-0.25, -0.2) is 0 Å². The second-order valence-electron chi connectivity index (χ2n) is 4.26. The molecule has 0 atom stereocenters. The third-order valence-electron chi connectivity index (χ3n) is 2.86. The van der Waals surface area contributed by atoms with Gasteiger partial charge in [-0.15, -0.1) is 11.3 Å². The highest BCUT2D eigenvalue weighted by molar-refractivity contribution is 9.10. The molecule has 0 radical (unpaired) electrons. The molecular formula is C15H9BrClNOS. The Morgan fingerprint density at radius 2 is 1.80 bits per heavy atom. The Balaban J connectivity index is 1.87. The summed E-state index contributed by atoms with van der Waals surface area (Å²) >= 11 is 10.5. The highest BCUT2D eigenvalue weighted by atomic mass is 79.9. The second kappa shape index (κ2) is 5.56. The highest BCUT2D eigenvalue weighted by Crippen LogP contribution is 2.25. The van der Waals surface area contributed by atoms with Gasteiger partial charge >= 0.3 is 0 Å². The van der Waals surface area contributed by atoms with E-state index < -0.39 is 0 Å². The first-order valence-electron chi connectivity index (χ1n) is 5.88. The van der Waals surface area contributed by atoms with Gasteiger partial charge in [0.2, 0.25) is 0 Å². The molecule has 0 saturated heterocycles. The SMILES string of the molecule is O=C(Nc1ccc2cc(Br)ccc2c1)c1ccc(Cl)s1. The molecule has 0 unspecified atom stereocenters. The van der Waals surface area contributed by atoms with E-state index in [0.717, 1.165) is 20.9 Å². The van der Waals surface area contributed by atoms with Crippen LogP contribution in [0.1, 0.15) is 9.67 Å². The summed E-state index contributed by atoms with van der Waals surface area (Å²) in [7, 11) is 0. The monoisotopic (exact) mass is 365 g/mol. The molecule has 1 N–H and O–H groups in total. The van der Waals surface area contributed by atoms with E-state index in [1.165, 1.54) is 11.3 Å². The van der Waals surface area contributed by atoms with Crippen molar-refractivity contribution in [2.75, 3.05) is 5.32 Å². The van der Waals surface area contributed by atoms with Gasteiger partial charge in [0.05, 0.1) is 9.21 Å². The zero-order valence-electron chi connectivity index (χ0n) is 10.2. The van der Waals surface area contributed by atoms with E-state index in [1.54, 1.807) is 12.1 Å². The molecule has 0 aliphatic heterocycles. The first-order chi connectivity index (χ1) is 9.61. The third-order valence-corrected chi connectivity index (χ3v) is 4.58. The lowest BCUT2D eigenvalue weighted by atomic mass is 10.1. The fraction of sp³-hybridized carbons (Fsp3) is 0. The first-order valence-corrected chi connectivity index (χ1v) is 7.86. The van der Waals surface area contributed by atoms with Crippen molar-refractivity contribution in [2.45, 2.75) is 0 Å². The summed E-state index contributed by atoms with van der Waals surface area (Å²) in [5.41, 5.74) is 0.773. The topological polar surface area (TPSA) is 29.1 Å². The number of fused-ring (bicyclic) bond motifs is 1. The number of halogens is 2. The van der Waals surface area contributed by atoms with Crippen LogP contribution in [0.4, 0.5) is 5.69 Å². The van der Waals surface area contributed by atoms with E-state index >= 15 is 0 Å². The number of benzene rings is 2. The molecule has 3 aromatic rings. The number of hydrogen-bond acceptors (Lipinski definition) is 2. The molecule has 0 saturated carbocycles. The number of hydrogen-bond donors (Lipinski definition) is 1. The zero-order valence-corrected chi connectivity index (χ0v) is 13.3. The van der Waals surface area contributed by atoms with Crippen molar-refractivity contribution in [1.82, 2.24) is 0 Å². The minimum Gasteiger partial charge on any atom is -0.321 e. The van der Waals surface area contributed by atoms with Crippen LogP contribution in [0.5, 0.6) is 0 Å². The Kier molecular flexibility index (Phi) is 3.78. The van der Waals surface area contributed by atoms with Crippen molar-refractivity contribution >= 4 is 61.2 Å². The molecule has 3 rings (SSSR count). The molecule has 0 aliphatic rings. The highest BCUT2D eigenvalue weighted by Gasteiger charge is 2.09. The number of nitrogens with one attached hydrogen (secondary N) is 1. The summed E-state index contributed by atoms with van der Waals surface area (Å²) < 4.78 is 1.65. The van der Waals surface area contributed by atoms with Crippen molar-refractivity contribution in [3.8, 4) is 0 Å². The molecule has 20 heavy (non-hydrogen) atoms. The van der Waals surface area contributed by atoms with Crippen LogP contribution in [-0.2, 0) is 0 Å². The molecule has 1 aromatic heterocycles. The molecule has 5 heteroatoms. The van der Waals surface area contributed by atoms with Crippen LogP contribution in [-0.4, -0.2) is 5.91 Å². The van der Waals surface area contributed by atoms with Gasteiger partial charge in [-0.1, -0.05) is 39.7 Å². The molecule has 0 aliphatic carbocycles. The lowest BCUT2D eigenvalue weighted by molar-refractivity contribution is 0.103. The maximum atomic E-state index is 12.1. The quantitative estimate of drug-likeness (QED) is 0.631. The predicted octanol–water partition coefficient (Wildman–Crippen LogP) is 5.57. The van der Waals surface area contributed by atoms with Crippen LogP contribution in [0.3, 0.4) is 0 Å². The summed E-state index contributed by atoms with van der Waals surface area (Å²) in [6.45, 7) is 0. The Bertz CT molecular complexity index is 799. The molecule has 2 nitrogen and oxygen atoms in total. The van der Waals surface area contributed by atoms with E-state index in [4.69, 9.17) is 11.6 Å². The summed E-state index contributed by atoms with van der Waals surface area (Å²) in [4.78, 5) is 12.7. The smallest absolute Gasteiger partial charge is 0.265 e. The van der Waals surface area contributed by atoms with Crippen LogP contribution in [0, 0.1) is 0 Å². The van der Waals surface area contributed by atoms with Gasteiger partial charge in [-0.05, 0) is 47.2 Å². The Morgan fingerprint density at radius 3 is 2.55 bits per heavy atom. The van der Waals surface area contributed by atoms with Crippen LogP contribution >= 0.6 is 38.9 Å². The summed E-state index contributed by atoms with van der Waals surface area (Å²) in [5.74, 6) is -0.140. The van der Waals surface area contributed by atoms with E-state index in [0.29, 0.717) is 9.21 Å². The summed E-state index contributed by atoms with van der Waals surface area (Å²) in [6.07, 6.45) is 0. The third kappa shape index (κ3) is 2.87. The second-order valence-corrected chi connectivity index (χ2v) is 6.89. The molecule has 0 spiro atoms. The van der Waals surface area contributed by atoms with Gasteiger partial charge in [0.1, 0.15) is 0 Å². The number of amides is 1. The van der Waals surface area contributed by atoms with Crippen LogP contribution < -0.4 is 5.32 Å². The Hall–Kier alpha value is -1.36. The number of thiophene rings is 1. The normalized spacial score (nSPS) is 10.7. The molecule has 1 amide bonds. The maximum absolute atomic E-state index is 12.1. The van der Waals surface area contributed by atoms with Gasteiger partial charge in [-0.3, -0.25) is 4.79 Å². The predicted molar refractivity (Wildman–Crippen MR) is 88.9 cm³/mol. The summed E-state index contributed by atoms with van der Waals surface area (Å²) in [6, 6.07) is 15.3. The molecule has 2 aromatic carbocycles. The van der Waals surface area contributed by atoms with E-state index in [2.05, 4.69) is 21.2 Å². The van der Waals surface area contributed by atoms with Crippen LogP contribution in [0.15, 0.2) is 53.0 Å². The Morgan fingerprint density at radius 1 is 1.05 bits per heavy atom. The van der Waals surface area contributed by atoms with E-state index in [9.17, 15) is 4.79 Å². The molecular weight excluding hydrogens is 358 g/mol. The van der Waals surface area contributed by atoms with E-state index in [1.807, 2.05) is 36.4 Å². The average Bonchev–Trinajstić information content (AvgIpc) is 2.86. The molecule has 0 bridgehead atoms. The number of anilines is 1. The van der Waals surface area contributed by atoms with Gasteiger partial charge in [-0.2, -0.15) is 0 Å². The first kappa shape index (κ1) is 13.6. The standard InChI is InChI=1S/C15H9BrClNOS/c16-11-3-1-10-8-12(4-2-9(10)7-11)18-15(19)13-5-6-14(17)20-13/h1-8H,(H,18,19). The number of rotatable bonds is 2. The van der Waals surface area contributed by atoms with Gasteiger partial charge in [0, 0.05) is 10.2 Å². The average molecular weight is 367 g/mol. The minimum absolute atomic E-state index is 0.140. The largest absolute Gasteiger partial charge is 0.321 e. The zero-order chi connectivity index (χ0) is 14.1. The fourth-order valence-corrected chi connectivity index (χ4v) is 3.24. The summed E-state index contributed by atoms with van der Waals surface area (Å²) in [5, 5.41) is 5.08. The van der Waals surface area contributed by atoms with E-state index in [-0.39, 0.29) is 5.91 Å². The maximum Gasteiger partial charge on any atom is 0.265 e. The van der Waals surface area contributed by atoms with Gasteiger partial charge in [0.15, 0.2) is 0 Å². The van der Waals surface area contributed by atoms with Crippen molar-refractivity contribution in [1.29, 1.82) is 0 Å². The Labute approximate surface area is 133 Å². The van der Waals surface area contributed by atoms with Gasteiger partial charge < -0.3 is 5.32 Å². The van der Waals surface area contributed by atoms with Gasteiger partial charge in [0.25, 0.3) is 5.91 Å². The fourth-order valence-electron chi connectivity index (χ4n) is 1.92. The molecule has 0 fully saturated rings. The lowest BCUT2D eigenvalue weighted by Gasteiger charge is -2.05. The minimum atomic E-state index is -0.140. The molecule has 1 heterocycles. The van der Waals surface area contributed by atoms with Crippen molar-refractivity contribution in [3.05, 3.63) is 62.2 Å². The van der Waals surface area contributed by atoms with Crippen molar-refractivity contribution in [2.24, 2.45) is 0 Å². The number of carbonyl (C=O) groups excluding carboxylic acids is 1. The van der Waals surface area contributed by atoms with Crippen LogP contribution in [0.2, 0.25) is 4.34 Å². The van der Waals surface area contributed by atoms with Crippen molar-refractivity contribution in [3.63, 3.8) is 0 Å². The molecule has 100 valence electrons.